The van der Waals surface area contributed by atoms with Gasteiger partial charge in [0.2, 0.25) is 5.91 Å². The van der Waals surface area contributed by atoms with Crippen molar-refractivity contribution < 1.29 is 37.3 Å². The topological polar surface area (TPSA) is 111 Å². The number of nitrogens with one attached hydrogen (secondary N) is 1. The molecule has 0 radical (unpaired) electrons. The number of likely N-dealkylation sites (N-methyl/N-ethyl adjacent to an activating group) is 1. The number of quaternary nitrogens is 1. The predicted octanol–water partition coefficient (Wildman–Crippen LogP) is 18.7. The van der Waals surface area contributed by atoms with Gasteiger partial charge in [-0.25, -0.2) is 4.57 Å². The summed E-state index contributed by atoms with van der Waals surface area (Å²) in [5, 5.41) is 3.04. The molecule has 9 nitrogen and oxygen atoms in total. The van der Waals surface area contributed by atoms with Gasteiger partial charge in [0.25, 0.3) is 0 Å². The molecule has 0 aliphatic rings. The molecule has 0 aliphatic heterocycles. The van der Waals surface area contributed by atoms with E-state index in [1.165, 1.54) is 148 Å². The van der Waals surface area contributed by atoms with E-state index in [0.717, 1.165) is 96.3 Å². The summed E-state index contributed by atoms with van der Waals surface area (Å²) >= 11 is 0. The van der Waals surface area contributed by atoms with Crippen molar-refractivity contribution in [3.8, 4) is 0 Å². The van der Waals surface area contributed by atoms with Crippen LogP contribution in [-0.2, 0) is 27.9 Å². The molecule has 10 heteroatoms. The van der Waals surface area contributed by atoms with E-state index in [4.69, 9.17) is 13.8 Å². The first kappa shape index (κ1) is 70.7. The molecule has 0 fully saturated rings. The number of ether oxygens (including phenoxy) is 1. The molecule has 426 valence electrons. The number of phosphoric acid groups is 1. The maximum absolute atomic E-state index is 13.5. The third kappa shape index (κ3) is 54.3. The molecule has 73 heavy (non-hydrogen) atoms. The van der Waals surface area contributed by atoms with E-state index in [2.05, 4.69) is 74.7 Å². The Bertz CT molecular complexity index is 1440. The first-order chi connectivity index (χ1) is 35.4. The van der Waals surface area contributed by atoms with Gasteiger partial charge in [-0.1, -0.05) is 230 Å². The van der Waals surface area contributed by atoms with E-state index >= 15 is 0 Å². The van der Waals surface area contributed by atoms with Crippen LogP contribution < -0.4 is 5.32 Å². The standard InChI is InChI=1S/C63H117N2O7P/c1-7-10-13-16-19-22-25-28-29-30-31-32-33-34-35-38-41-44-47-50-53-56-63(67)72-61(54-51-48-45-42-39-36-26-23-20-17-14-11-8-2)60(59-71-73(68,69)70-58-57-65(4,5)6)64-62(66)55-52-49-46-43-40-37-27-24-21-18-15-12-9-3/h19,22,28-29,31-32,37,40,51,54,60-61H,7-18,20-21,23-27,30,33-36,38-39,41-50,52-53,55-59H2,1-6H3,(H-,64,66,68,69)/p+1/b22-19-,29-28-,32-31-,40-37-,54-51-. The fourth-order valence-electron chi connectivity index (χ4n) is 8.65. The van der Waals surface area contributed by atoms with E-state index < -0.39 is 20.0 Å². The Morgan fingerprint density at radius 3 is 1.30 bits per heavy atom. The molecule has 0 aromatic carbocycles. The minimum absolute atomic E-state index is 0.0354. The Labute approximate surface area is 451 Å². The number of nitrogens with zero attached hydrogens (tertiary/aromatic N) is 1. The van der Waals surface area contributed by atoms with Crippen LogP contribution in [0.4, 0.5) is 0 Å². The Morgan fingerprint density at radius 1 is 0.479 bits per heavy atom. The second-order valence-corrected chi connectivity index (χ2v) is 23.3. The summed E-state index contributed by atoms with van der Waals surface area (Å²) in [6.45, 7) is 6.97. The summed E-state index contributed by atoms with van der Waals surface area (Å²) in [6.07, 6.45) is 66.4. The first-order valence-corrected chi connectivity index (χ1v) is 32.1. The van der Waals surface area contributed by atoms with Crippen LogP contribution in [0.3, 0.4) is 0 Å². The summed E-state index contributed by atoms with van der Waals surface area (Å²) in [6, 6.07) is -0.859. The second-order valence-electron chi connectivity index (χ2n) is 21.9. The lowest BCUT2D eigenvalue weighted by Crippen LogP contribution is -2.47. The molecule has 0 aromatic heterocycles. The van der Waals surface area contributed by atoms with Gasteiger partial charge >= 0.3 is 13.8 Å². The summed E-state index contributed by atoms with van der Waals surface area (Å²) in [7, 11) is 1.48. The predicted molar refractivity (Wildman–Crippen MR) is 314 cm³/mol. The van der Waals surface area contributed by atoms with Gasteiger partial charge < -0.3 is 19.4 Å². The number of allylic oxidation sites excluding steroid dienone is 9. The molecule has 1 amide bonds. The molecule has 0 rings (SSSR count). The number of esters is 1. The highest BCUT2D eigenvalue weighted by Crippen LogP contribution is 2.43. The van der Waals surface area contributed by atoms with Gasteiger partial charge in [-0.2, -0.15) is 0 Å². The maximum Gasteiger partial charge on any atom is 0.472 e. The molecule has 0 heterocycles. The molecule has 0 aromatic rings. The quantitative estimate of drug-likeness (QED) is 0.0205. The molecule has 3 unspecified atom stereocenters. The lowest BCUT2D eigenvalue weighted by atomic mass is 10.0. The average molecular weight is 1050 g/mol. The monoisotopic (exact) mass is 1050 g/mol. The van der Waals surface area contributed by atoms with Crippen LogP contribution in [0.1, 0.15) is 278 Å². The van der Waals surface area contributed by atoms with Crippen molar-refractivity contribution in [1.29, 1.82) is 0 Å². The van der Waals surface area contributed by atoms with Gasteiger partial charge in [0.1, 0.15) is 19.3 Å². The van der Waals surface area contributed by atoms with E-state index in [0.29, 0.717) is 17.4 Å². The Morgan fingerprint density at radius 2 is 0.836 bits per heavy atom. The molecule has 0 aliphatic carbocycles. The van der Waals surface area contributed by atoms with Crippen LogP contribution >= 0.6 is 7.82 Å². The molecular formula is C63H118N2O7P+. The van der Waals surface area contributed by atoms with Crippen LogP contribution in [0.2, 0.25) is 0 Å². The number of unbranched alkanes of at least 4 members (excludes halogenated alkanes) is 31. The highest BCUT2D eigenvalue weighted by atomic mass is 31.2. The normalized spacial score (nSPS) is 14.1. The minimum atomic E-state index is -4.45. The molecule has 3 atom stereocenters. The number of hydrogen-bond acceptors (Lipinski definition) is 6. The molecule has 2 N–H and O–H groups in total. The number of carbonyl (C=O) groups is 2. The van der Waals surface area contributed by atoms with Crippen molar-refractivity contribution in [2.75, 3.05) is 40.9 Å². The Kier molecular flexibility index (Phi) is 51.5. The van der Waals surface area contributed by atoms with Gasteiger partial charge in [0.15, 0.2) is 0 Å². The average Bonchev–Trinajstić information content (AvgIpc) is 3.35. The number of rotatable bonds is 55. The highest BCUT2D eigenvalue weighted by molar-refractivity contribution is 7.47. The molecule has 0 saturated carbocycles. The molecule has 0 saturated heterocycles. The largest absolute Gasteiger partial charge is 0.472 e. The molecule has 0 spiro atoms. The van der Waals surface area contributed by atoms with Gasteiger partial charge in [-0.15, -0.1) is 0 Å². The zero-order chi connectivity index (χ0) is 53.6. The lowest BCUT2D eigenvalue weighted by molar-refractivity contribution is -0.870. The summed E-state index contributed by atoms with van der Waals surface area (Å²) < 4.78 is 30.7. The van der Waals surface area contributed by atoms with Crippen molar-refractivity contribution in [3.05, 3.63) is 60.8 Å². The van der Waals surface area contributed by atoms with Crippen LogP contribution in [0.15, 0.2) is 60.8 Å². The third-order valence-corrected chi connectivity index (χ3v) is 14.4. The number of hydrogen-bond donors (Lipinski definition) is 2. The van der Waals surface area contributed by atoms with Gasteiger partial charge in [-0.3, -0.25) is 18.6 Å². The SMILES string of the molecule is CCCCC/C=C\C/C=C\C/C=C\CCCCCCCCCCC(=O)OC(/C=C\CCCCCCCCCCCCC)C(COP(=O)(O)OCC[N+](C)(C)C)NC(=O)CCCCC/C=C\CCCCCCCC. The fraction of sp³-hybridized carbons (Fsp3) is 0.810. The lowest BCUT2D eigenvalue weighted by Gasteiger charge is -2.27. The Balaban J connectivity index is 5.29. The van der Waals surface area contributed by atoms with Crippen molar-refractivity contribution in [2.24, 2.45) is 0 Å². The van der Waals surface area contributed by atoms with Crippen molar-refractivity contribution in [3.63, 3.8) is 0 Å². The van der Waals surface area contributed by atoms with Crippen molar-refractivity contribution in [2.45, 2.75) is 290 Å². The van der Waals surface area contributed by atoms with Crippen LogP contribution in [0.5, 0.6) is 0 Å². The summed E-state index contributed by atoms with van der Waals surface area (Å²) in [4.78, 5) is 37.6. The third-order valence-electron chi connectivity index (χ3n) is 13.4. The molecule has 0 bridgehead atoms. The van der Waals surface area contributed by atoms with E-state index in [9.17, 15) is 19.0 Å². The highest BCUT2D eigenvalue weighted by Gasteiger charge is 2.30. The smallest absolute Gasteiger partial charge is 0.456 e. The van der Waals surface area contributed by atoms with Gasteiger partial charge in [0.05, 0.1) is 33.8 Å². The van der Waals surface area contributed by atoms with Crippen LogP contribution in [0, 0.1) is 0 Å². The summed E-state index contributed by atoms with van der Waals surface area (Å²) in [5.74, 6) is -0.528. The first-order valence-electron chi connectivity index (χ1n) is 30.6. The van der Waals surface area contributed by atoms with Crippen LogP contribution in [0.25, 0.3) is 0 Å². The summed E-state index contributed by atoms with van der Waals surface area (Å²) in [5.41, 5.74) is 0. The van der Waals surface area contributed by atoms with E-state index in [1.54, 1.807) is 0 Å². The van der Waals surface area contributed by atoms with Crippen molar-refractivity contribution in [1.82, 2.24) is 5.32 Å². The van der Waals surface area contributed by atoms with Gasteiger partial charge in [0, 0.05) is 12.8 Å². The number of amides is 1. The van der Waals surface area contributed by atoms with Crippen LogP contribution in [-0.4, -0.2) is 74.3 Å². The zero-order valence-corrected chi connectivity index (χ0v) is 49.5. The van der Waals surface area contributed by atoms with E-state index in [1.807, 2.05) is 33.3 Å². The zero-order valence-electron chi connectivity index (χ0n) is 48.6. The second kappa shape index (κ2) is 53.1. The number of phosphoric ester groups is 1. The fourth-order valence-corrected chi connectivity index (χ4v) is 9.38. The maximum atomic E-state index is 13.5. The molecular weight excluding hydrogens is 928 g/mol. The Hall–Kier alpha value is -2.29. The minimum Gasteiger partial charge on any atom is -0.456 e. The number of carbonyl (C=O) groups excluding carboxylic acids is 2. The van der Waals surface area contributed by atoms with Crippen molar-refractivity contribution >= 4 is 19.7 Å². The van der Waals surface area contributed by atoms with Gasteiger partial charge in [-0.05, 0) is 96.0 Å². The van der Waals surface area contributed by atoms with E-state index in [-0.39, 0.29) is 31.5 Å².